The van der Waals surface area contributed by atoms with Gasteiger partial charge in [-0.05, 0) is 30.3 Å². The van der Waals surface area contributed by atoms with E-state index in [0.717, 1.165) is 6.07 Å². The summed E-state index contributed by atoms with van der Waals surface area (Å²) in [6.07, 6.45) is 1.40. The summed E-state index contributed by atoms with van der Waals surface area (Å²) in [5, 5.41) is 16.5. The van der Waals surface area contributed by atoms with Crippen molar-refractivity contribution in [2.45, 2.75) is 0 Å². The first-order valence-electron chi connectivity index (χ1n) is 5.76. The summed E-state index contributed by atoms with van der Waals surface area (Å²) in [7, 11) is 0. The van der Waals surface area contributed by atoms with Crippen LogP contribution in [-0.4, -0.2) is 26.1 Å². The Morgan fingerprint density at radius 1 is 1.38 bits per heavy atom. The molecule has 0 radical (unpaired) electrons. The van der Waals surface area contributed by atoms with Crippen LogP contribution in [0, 0.1) is 5.82 Å². The van der Waals surface area contributed by atoms with E-state index in [4.69, 9.17) is 16.0 Å². The zero-order valence-electron chi connectivity index (χ0n) is 10.3. The van der Waals surface area contributed by atoms with Crippen molar-refractivity contribution in [2.75, 3.05) is 0 Å². The normalized spacial score (nSPS) is 10.8. The van der Waals surface area contributed by atoms with E-state index in [1.165, 1.54) is 23.1 Å². The average molecular weight is 308 g/mol. The van der Waals surface area contributed by atoms with E-state index in [1.54, 1.807) is 12.1 Å². The Morgan fingerprint density at radius 2 is 2.19 bits per heavy atom. The minimum Gasteiger partial charge on any atom is -0.476 e. The number of halogens is 2. The fourth-order valence-electron chi connectivity index (χ4n) is 1.86. The Labute approximate surface area is 122 Å². The second kappa shape index (κ2) is 5.02. The van der Waals surface area contributed by atoms with Gasteiger partial charge in [-0.15, -0.1) is 5.10 Å². The van der Waals surface area contributed by atoms with Crippen LogP contribution in [0.15, 0.2) is 41.0 Å². The number of aromatic carboxylic acids is 1. The molecule has 8 heteroatoms. The van der Waals surface area contributed by atoms with Gasteiger partial charge in [-0.3, -0.25) is 0 Å². The maximum Gasteiger partial charge on any atom is 0.358 e. The molecule has 21 heavy (non-hydrogen) atoms. The topological polar surface area (TPSA) is 81.1 Å². The summed E-state index contributed by atoms with van der Waals surface area (Å²) in [6.45, 7) is 0. The molecule has 0 bridgehead atoms. The molecule has 0 saturated carbocycles. The second-order valence-corrected chi connectivity index (χ2v) is 4.49. The van der Waals surface area contributed by atoms with Crippen LogP contribution in [0.2, 0.25) is 5.02 Å². The van der Waals surface area contributed by atoms with E-state index in [9.17, 15) is 14.3 Å². The molecule has 1 N–H and O–H groups in total. The summed E-state index contributed by atoms with van der Waals surface area (Å²) in [4.78, 5) is 11.2. The molecule has 3 rings (SSSR count). The van der Waals surface area contributed by atoms with Crippen LogP contribution in [0.25, 0.3) is 17.1 Å². The molecule has 0 saturated heterocycles. The zero-order chi connectivity index (χ0) is 15.0. The molecule has 6 nitrogen and oxygen atoms in total. The number of aromatic nitrogens is 3. The maximum absolute atomic E-state index is 13.2. The van der Waals surface area contributed by atoms with Crippen LogP contribution in [0.3, 0.4) is 0 Å². The van der Waals surface area contributed by atoms with Crippen LogP contribution in [0.1, 0.15) is 10.5 Å². The quantitative estimate of drug-likeness (QED) is 0.804. The molecule has 0 aliphatic rings. The van der Waals surface area contributed by atoms with Gasteiger partial charge >= 0.3 is 5.97 Å². The maximum atomic E-state index is 13.2. The molecule has 0 amide bonds. The number of nitrogens with zero attached hydrogens (tertiary/aromatic N) is 3. The summed E-state index contributed by atoms with van der Waals surface area (Å²) < 4.78 is 19.7. The molecule has 3 aromatic rings. The van der Waals surface area contributed by atoms with Crippen molar-refractivity contribution < 1.29 is 18.7 Å². The first-order chi connectivity index (χ1) is 10.1. The molecular weight excluding hydrogens is 301 g/mol. The molecular formula is C13H7ClFN3O3. The van der Waals surface area contributed by atoms with E-state index in [1.807, 2.05) is 0 Å². The number of carbonyl (C=O) groups is 1. The highest BCUT2D eigenvalue weighted by Gasteiger charge is 2.23. The van der Waals surface area contributed by atoms with Crippen LogP contribution in [0.4, 0.5) is 4.39 Å². The van der Waals surface area contributed by atoms with E-state index in [2.05, 4.69) is 10.3 Å². The summed E-state index contributed by atoms with van der Waals surface area (Å²) in [5.41, 5.74) is 0.244. The number of hydrogen-bond acceptors (Lipinski definition) is 4. The zero-order valence-corrected chi connectivity index (χ0v) is 11.1. The van der Waals surface area contributed by atoms with Gasteiger partial charge in [0.1, 0.15) is 11.5 Å². The van der Waals surface area contributed by atoms with E-state index in [-0.39, 0.29) is 22.2 Å². The highest BCUT2D eigenvalue weighted by molar-refractivity contribution is 6.30. The van der Waals surface area contributed by atoms with Crippen molar-refractivity contribution in [3.05, 3.63) is 53.1 Å². The highest BCUT2D eigenvalue weighted by atomic mass is 35.5. The van der Waals surface area contributed by atoms with Crippen molar-refractivity contribution in [1.82, 2.24) is 15.0 Å². The fourth-order valence-corrected chi connectivity index (χ4v) is 2.03. The Balaban J connectivity index is 2.23. The fraction of sp³-hybridized carbons (Fsp3) is 0. The minimum absolute atomic E-state index is 0.106. The van der Waals surface area contributed by atoms with Crippen molar-refractivity contribution >= 4 is 17.6 Å². The molecule has 0 atom stereocenters. The SMILES string of the molecule is O=C(O)c1nnn(-c2ccc(F)c(Cl)c2)c1-c1ccco1. The Bertz CT molecular complexity index is 814. The van der Waals surface area contributed by atoms with Gasteiger partial charge in [-0.1, -0.05) is 16.8 Å². The lowest BCUT2D eigenvalue weighted by atomic mass is 10.2. The number of rotatable bonds is 3. The number of carboxylic acids is 1. The van der Waals surface area contributed by atoms with Gasteiger partial charge in [0.15, 0.2) is 5.76 Å². The lowest BCUT2D eigenvalue weighted by Gasteiger charge is -2.05. The lowest BCUT2D eigenvalue weighted by molar-refractivity contribution is 0.0691. The van der Waals surface area contributed by atoms with Gasteiger partial charge in [0.2, 0.25) is 5.69 Å². The van der Waals surface area contributed by atoms with Crippen LogP contribution in [-0.2, 0) is 0 Å². The number of carboxylic acid groups (broad SMARTS) is 1. The summed E-state index contributed by atoms with van der Waals surface area (Å²) in [5.74, 6) is -1.56. The van der Waals surface area contributed by atoms with Gasteiger partial charge in [0, 0.05) is 0 Å². The predicted octanol–water partition coefficient (Wildman–Crippen LogP) is 3.02. The van der Waals surface area contributed by atoms with E-state index < -0.39 is 11.8 Å². The third-order valence-electron chi connectivity index (χ3n) is 2.78. The molecule has 106 valence electrons. The van der Waals surface area contributed by atoms with Crippen LogP contribution >= 0.6 is 11.6 Å². The summed E-state index contributed by atoms with van der Waals surface area (Å²) >= 11 is 5.73. The monoisotopic (exact) mass is 307 g/mol. The van der Waals surface area contributed by atoms with Crippen molar-refractivity contribution in [1.29, 1.82) is 0 Å². The van der Waals surface area contributed by atoms with Crippen molar-refractivity contribution in [3.8, 4) is 17.1 Å². The lowest BCUT2D eigenvalue weighted by Crippen LogP contribution is -2.03. The molecule has 2 heterocycles. The third kappa shape index (κ3) is 2.27. The van der Waals surface area contributed by atoms with Gasteiger partial charge < -0.3 is 9.52 Å². The standard InChI is InChI=1S/C13H7ClFN3O3/c14-8-6-7(3-4-9(8)15)18-12(10-2-1-5-21-10)11(13(19)20)16-17-18/h1-6H,(H,19,20). The number of hydrogen-bond donors (Lipinski definition) is 1. The van der Waals surface area contributed by atoms with Crippen LogP contribution < -0.4 is 0 Å². The van der Waals surface area contributed by atoms with Gasteiger partial charge in [0.25, 0.3) is 0 Å². The van der Waals surface area contributed by atoms with Crippen molar-refractivity contribution in [2.24, 2.45) is 0 Å². The van der Waals surface area contributed by atoms with Gasteiger partial charge in [-0.25, -0.2) is 13.9 Å². The molecule has 0 aliphatic carbocycles. The molecule has 0 unspecified atom stereocenters. The molecule has 0 spiro atoms. The Hall–Kier alpha value is -2.67. The molecule has 0 fully saturated rings. The largest absolute Gasteiger partial charge is 0.476 e. The number of benzene rings is 1. The van der Waals surface area contributed by atoms with Crippen LogP contribution in [0.5, 0.6) is 0 Å². The molecule has 1 aromatic carbocycles. The molecule has 2 aromatic heterocycles. The Kier molecular flexibility index (Phi) is 3.19. The minimum atomic E-state index is -1.25. The van der Waals surface area contributed by atoms with E-state index in [0.29, 0.717) is 5.69 Å². The highest BCUT2D eigenvalue weighted by Crippen LogP contribution is 2.27. The van der Waals surface area contributed by atoms with E-state index >= 15 is 0 Å². The average Bonchev–Trinajstić information content (AvgIpc) is 3.09. The van der Waals surface area contributed by atoms with Gasteiger partial charge in [-0.2, -0.15) is 0 Å². The first-order valence-corrected chi connectivity index (χ1v) is 6.14. The van der Waals surface area contributed by atoms with Crippen molar-refractivity contribution in [3.63, 3.8) is 0 Å². The predicted molar refractivity (Wildman–Crippen MR) is 71.0 cm³/mol. The van der Waals surface area contributed by atoms with Gasteiger partial charge in [0.05, 0.1) is 17.0 Å². The Morgan fingerprint density at radius 3 is 2.81 bits per heavy atom. The summed E-state index contributed by atoms with van der Waals surface area (Å²) in [6, 6.07) is 7.08. The smallest absolute Gasteiger partial charge is 0.358 e. The third-order valence-corrected chi connectivity index (χ3v) is 3.06. The second-order valence-electron chi connectivity index (χ2n) is 4.08. The molecule has 0 aliphatic heterocycles. The number of furan rings is 1. The first kappa shape index (κ1) is 13.3.